The summed E-state index contributed by atoms with van der Waals surface area (Å²) in [4.78, 5) is 0. The number of hydrogen-bond donors (Lipinski definition) is 0. The van der Waals surface area contributed by atoms with Crippen molar-refractivity contribution in [2.24, 2.45) is 0 Å². The Balaban J connectivity index is 1.73. The lowest BCUT2D eigenvalue weighted by molar-refractivity contribution is 0.543. The van der Waals surface area contributed by atoms with Gasteiger partial charge in [-0.25, -0.2) is 0 Å². The van der Waals surface area contributed by atoms with Gasteiger partial charge in [0.15, 0.2) is 0 Å². The summed E-state index contributed by atoms with van der Waals surface area (Å²) in [7, 11) is 0. The Kier molecular flexibility index (Phi) is 4.47. The monoisotopic (exact) mass is 290 g/mol. The van der Waals surface area contributed by atoms with Crippen molar-refractivity contribution in [3.63, 3.8) is 0 Å². The van der Waals surface area contributed by atoms with Crippen molar-refractivity contribution in [3.05, 3.63) is 76.9 Å². The first-order chi connectivity index (χ1) is 10.7. The van der Waals surface area contributed by atoms with Crippen LogP contribution in [0.1, 0.15) is 66.3 Å². The topological polar surface area (TPSA) is 0 Å². The van der Waals surface area contributed by atoms with Crippen LogP contribution in [0.4, 0.5) is 0 Å². The van der Waals surface area contributed by atoms with Crippen LogP contribution in [0.3, 0.4) is 0 Å². The highest BCUT2D eigenvalue weighted by Crippen LogP contribution is 2.34. The summed E-state index contributed by atoms with van der Waals surface area (Å²) in [6, 6.07) is 16.0. The second-order valence-electron chi connectivity index (χ2n) is 6.64. The zero-order valence-corrected chi connectivity index (χ0v) is 13.8. The van der Waals surface area contributed by atoms with E-state index in [0.29, 0.717) is 11.8 Å². The van der Waals surface area contributed by atoms with E-state index in [1.165, 1.54) is 42.4 Å². The summed E-state index contributed by atoms with van der Waals surface area (Å²) in [6.45, 7) is 8.51. The molecule has 0 N–H and O–H groups in total. The highest BCUT2D eigenvalue weighted by atomic mass is 14.2. The first kappa shape index (κ1) is 15.1. The van der Waals surface area contributed by atoms with Crippen molar-refractivity contribution in [2.75, 3.05) is 0 Å². The standard InChI is InChI=1S/C22H26/c1-4-17-6-8-19(9-7-17)18(5-2)14-16(3)21-12-10-20-11-13-22(20)15-21/h4,6-10,12,15-16,18H,1,5,11,13-14H2,2-3H3. The van der Waals surface area contributed by atoms with Crippen LogP contribution in [0.2, 0.25) is 0 Å². The molecule has 0 heterocycles. The first-order valence-electron chi connectivity index (χ1n) is 8.55. The van der Waals surface area contributed by atoms with Crippen molar-refractivity contribution in [2.45, 2.75) is 51.4 Å². The SMILES string of the molecule is C=Cc1ccc(C(CC)CC(C)c2ccc3c(c2)CC3)cc1. The van der Waals surface area contributed by atoms with Gasteiger partial charge in [0, 0.05) is 0 Å². The molecule has 2 unspecified atom stereocenters. The normalized spacial score (nSPS) is 15.5. The molecule has 114 valence electrons. The van der Waals surface area contributed by atoms with Gasteiger partial charge in [0.2, 0.25) is 0 Å². The largest absolute Gasteiger partial charge is 0.0985 e. The second-order valence-corrected chi connectivity index (χ2v) is 6.64. The Labute approximate surface area is 134 Å². The van der Waals surface area contributed by atoms with E-state index in [2.05, 4.69) is 62.9 Å². The van der Waals surface area contributed by atoms with Gasteiger partial charge in [-0.05, 0) is 65.3 Å². The van der Waals surface area contributed by atoms with Crippen LogP contribution in [0.15, 0.2) is 49.0 Å². The summed E-state index contributed by atoms with van der Waals surface area (Å²) in [5.41, 5.74) is 7.31. The number of aryl methyl sites for hydroxylation is 2. The molecule has 2 aromatic rings. The molecular weight excluding hydrogens is 264 g/mol. The third-order valence-electron chi connectivity index (χ3n) is 5.24. The molecule has 0 nitrogen and oxygen atoms in total. The maximum Gasteiger partial charge on any atom is -0.0159 e. The maximum absolute atomic E-state index is 3.83. The van der Waals surface area contributed by atoms with Crippen LogP contribution >= 0.6 is 0 Å². The fourth-order valence-corrected chi connectivity index (χ4v) is 3.53. The summed E-state index contributed by atoms with van der Waals surface area (Å²) in [5, 5.41) is 0. The van der Waals surface area contributed by atoms with Crippen molar-refractivity contribution in [1.29, 1.82) is 0 Å². The Morgan fingerprint density at radius 3 is 2.23 bits per heavy atom. The van der Waals surface area contributed by atoms with Crippen LogP contribution < -0.4 is 0 Å². The smallest absolute Gasteiger partial charge is 0.0159 e. The van der Waals surface area contributed by atoms with Crippen LogP contribution in [0.25, 0.3) is 6.08 Å². The number of fused-ring (bicyclic) bond motifs is 1. The summed E-state index contributed by atoms with van der Waals surface area (Å²) in [5.74, 6) is 1.26. The fraction of sp³-hybridized carbons (Fsp3) is 0.364. The zero-order valence-electron chi connectivity index (χ0n) is 13.8. The van der Waals surface area contributed by atoms with Crippen molar-refractivity contribution < 1.29 is 0 Å². The molecule has 3 rings (SSSR count). The molecule has 1 aliphatic rings. The third kappa shape index (κ3) is 3.02. The van der Waals surface area contributed by atoms with E-state index in [9.17, 15) is 0 Å². The van der Waals surface area contributed by atoms with E-state index in [-0.39, 0.29) is 0 Å². The van der Waals surface area contributed by atoms with Gasteiger partial charge in [0.05, 0.1) is 0 Å². The van der Waals surface area contributed by atoms with Crippen molar-refractivity contribution >= 4 is 6.08 Å². The third-order valence-corrected chi connectivity index (χ3v) is 5.24. The van der Waals surface area contributed by atoms with E-state index in [1.54, 1.807) is 11.1 Å². The van der Waals surface area contributed by atoms with Gasteiger partial charge >= 0.3 is 0 Å². The molecule has 0 amide bonds. The average molecular weight is 290 g/mol. The molecule has 0 heteroatoms. The molecule has 0 saturated heterocycles. The lowest BCUT2D eigenvalue weighted by Gasteiger charge is -2.24. The molecule has 22 heavy (non-hydrogen) atoms. The Hall–Kier alpha value is -1.82. The molecule has 2 atom stereocenters. The van der Waals surface area contributed by atoms with Crippen molar-refractivity contribution in [3.8, 4) is 0 Å². The highest BCUT2D eigenvalue weighted by Gasteiger charge is 2.18. The Morgan fingerprint density at radius 1 is 1.00 bits per heavy atom. The molecule has 0 radical (unpaired) electrons. The van der Waals surface area contributed by atoms with E-state index < -0.39 is 0 Å². The number of benzene rings is 2. The summed E-state index contributed by atoms with van der Waals surface area (Å²) in [6.07, 6.45) is 6.88. The van der Waals surface area contributed by atoms with E-state index in [0.717, 1.165) is 0 Å². The van der Waals surface area contributed by atoms with Crippen LogP contribution in [-0.2, 0) is 12.8 Å². The van der Waals surface area contributed by atoms with Gasteiger partial charge in [0.25, 0.3) is 0 Å². The molecule has 1 aliphatic carbocycles. The Bertz CT molecular complexity index is 648. The molecule has 0 bridgehead atoms. The van der Waals surface area contributed by atoms with Gasteiger partial charge in [-0.2, -0.15) is 0 Å². The highest BCUT2D eigenvalue weighted by molar-refractivity contribution is 5.47. The van der Waals surface area contributed by atoms with Gasteiger partial charge in [-0.1, -0.05) is 69.0 Å². The van der Waals surface area contributed by atoms with E-state index in [4.69, 9.17) is 0 Å². The molecular formula is C22H26. The molecule has 0 aromatic heterocycles. The zero-order chi connectivity index (χ0) is 15.5. The molecule has 2 aromatic carbocycles. The van der Waals surface area contributed by atoms with Crippen LogP contribution in [0.5, 0.6) is 0 Å². The lowest BCUT2D eigenvalue weighted by atomic mass is 9.81. The molecule has 0 saturated carbocycles. The van der Waals surface area contributed by atoms with Crippen molar-refractivity contribution in [1.82, 2.24) is 0 Å². The molecule has 0 fully saturated rings. The summed E-state index contributed by atoms with van der Waals surface area (Å²) < 4.78 is 0. The van der Waals surface area contributed by atoms with Crippen LogP contribution in [-0.4, -0.2) is 0 Å². The van der Waals surface area contributed by atoms with E-state index >= 15 is 0 Å². The predicted octanol–water partition coefficient (Wildman–Crippen LogP) is 6.12. The first-order valence-corrected chi connectivity index (χ1v) is 8.55. The minimum atomic E-state index is 0.620. The molecule has 0 aliphatic heterocycles. The van der Waals surface area contributed by atoms with Gasteiger partial charge < -0.3 is 0 Å². The lowest BCUT2D eigenvalue weighted by Crippen LogP contribution is -2.10. The number of hydrogen-bond acceptors (Lipinski definition) is 0. The second kappa shape index (κ2) is 6.52. The Morgan fingerprint density at radius 2 is 1.68 bits per heavy atom. The number of rotatable bonds is 6. The van der Waals surface area contributed by atoms with Gasteiger partial charge in [-0.15, -0.1) is 0 Å². The van der Waals surface area contributed by atoms with Gasteiger partial charge in [-0.3, -0.25) is 0 Å². The fourth-order valence-electron chi connectivity index (χ4n) is 3.53. The minimum absolute atomic E-state index is 0.620. The maximum atomic E-state index is 3.83. The van der Waals surface area contributed by atoms with Crippen LogP contribution in [0, 0.1) is 0 Å². The average Bonchev–Trinajstić information content (AvgIpc) is 2.53. The molecule has 0 spiro atoms. The quantitative estimate of drug-likeness (QED) is 0.601. The van der Waals surface area contributed by atoms with Gasteiger partial charge in [0.1, 0.15) is 0 Å². The predicted molar refractivity (Wildman–Crippen MR) is 96.4 cm³/mol. The summed E-state index contributed by atoms with van der Waals surface area (Å²) >= 11 is 0. The van der Waals surface area contributed by atoms with E-state index in [1.807, 2.05) is 6.08 Å². The minimum Gasteiger partial charge on any atom is -0.0985 e.